The second-order valence-corrected chi connectivity index (χ2v) is 7.68. The normalized spacial score (nSPS) is 21.5. The number of hydrogen-bond acceptors (Lipinski definition) is 6. The maximum absolute atomic E-state index is 11.5. The highest BCUT2D eigenvalue weighted by Gasteiger charge is 2.26. The summed E-state index contributed by atoms with van der Waals surface area (Å²) in [5, 5.41) is 7.06. The molecule has 140 valence electrons. The number of likely N-dealkylation sites (tertiary alicyclic amines) is 1. The van der Waals surface area contributed by atoms with Crippen LogP contribution in [0.5, 0.6) is 0 Å². The largest absolute Gasteiger partial charge is 0.355 e. The number of aryl methyl sites for hydroxylation is 1. The lowest BCUT2D eigenvalue weighted by Crippen LogP contribution is -2.45. The quantitative estimate of drug-likeness (QED) is 0.838. The molecule has 0 atom stereocenters. The van der Waals surface area contributed by atoms with Gasteiger partial charge in [0.05, 0.1) is 6.54 Å². The molecule has 1 amide bonds. The summed E-state index contributed by atoms with van der Waals surface area (Å²) in [6.07, 6.45) is 4.90. The van der Waals surface area contributed by atoms with Crippen molar-refractivity contribution < 1.29 is 9.32 Å². The lowest BCUT2D eigenvalue weighted by Gasteiger charge is -2.37. The summed E-state index contributed by atoms with van der Waals surface area (Å²) in [5.74, 6) is 2.41. The van der Waals surface area contributed by atoms with Crippen molar-refractivity contribution in [2.45, 2.75) is 58.5 Å². The smallest absolute Gasteiger partial charge is 0.240 e. The molecule has 0 unspecified atom stereocenters. The van der Waals surface area contributed by atoms with E-state index in [0.29, 0.717) is 18.4 Å². The number of aromatic nitrogens is 2. The highest BCUT2D eigenvalue weighted by Crippen LogP contribution is 2.19. The van der Waals surface area contributed by atoms with E-state index < -0.39 is 0 Å². The van der Waals surface area contributed by atoms with Crippen molar-refractivity contribution in [1.82, 2.24) is 25.3 Å². The first-order chi connectivity index (χ1) is 12.1. The summed E-state index contributed by atoms with van der Waals surface area (Å²) < 4.78 is 5.41. The zero-order chi connectivity index (χ0) is 17.6. The number of carbonyl (C=O) groups is 1. The molecule has 7 nitrogen and oxygen atoms in total. The first-order valence-electron chi connectivity index (χ1n) is 9.64. The second kappa shape index (κ2) is 8.76. The fourth-order valence-electron chi connectivity index (χ4n) is 3.66. The van der Waals surface area contributed by atoms with E-state index in [4.69, 9.17) is 4.52 Å². The number of nitrogens with zero attached hydrogens (tertiary/aromatic N) is 4. The standard InChI is InChI=1S/C18H31N5O2/c1-14(2)3-4-16-20-18(25-21-16)13-22-9-5-15(6-10-22)23-11-7-17(24)19-8-12-23/h14-15H,3-13H2,1-2H3,(H,19,24). The zero-order valence-corrected chi connectivity index (χ0v) is 15.5. The van der Waals surface area contributed by atoms with Crippen LogP contribution in [0.4, 0.5) is 0 Å². The summed E-state index contributed by atoms with van der Waals surface area (Å²) in [4.78, 5) is 20.9. The molecule has 3 heterocycles. The molecule has 2 saturated heterocycles. The Balaban J connectivity index is 1.42. The van der Waals surface area contributed by atoms with Crippen molar-refractivity contribution in [3.63, 3.8) is 0 Å². The van der Waals surface area contributed by atoms with Gasteiger partial charge in [-0.15, -0.1) is 0 Å². The van der Waals surface area contributed by atoms with E-state index in [1.807, 2.05) is 0 Å². The molecule has 1 aromatic rings. The number of carbonyl (C=O) groups excluding carboxylic acids is 1. The average Bonchev–Trinajstić information content (AvgIpc) is 2.93. The van der Waals surface area contributed by atoms with Crippen molar-refractivity contribution in [3.8, 4) is 0 Å². The first kappa shape index (κ1) is 18.3. The molecule has 2 aliphatic heterocycles. The van der Waals surface area contributed by atoms with Gasteiger partial charge in [0.25, 0.3) is 0 Å². The first-order valence-corrected chi connectivity index (χ1v) is 9.64. The Bertz CT molecular complexity index is 551. The molecule has 2 fully saturated rings. The Kier molecular flexibility index (Phi) is 6.42. The Morgan fingerprint density at radius 3 is 2.80 bits per heavy atom. The third-order valence-corrected chi connectivity index (χ3v) is 5.24. The molecule has 3 rings (SSSR count). The average molecular weight is 349 g/mol. The monoisotopic (exact) mass is 349 g/mol. The molecule has 0 saturated carbocycles. The highest BCUT2D eigenvalue weighted by atomic mass is 16.5. The van der Waals surface area contributed by atoms with Gasteiger partial charge in [0, 0.05) is 51.6 Å². The minimum atomic E-state index is 0.185. The van der Waals surface area contributed by atoms with Crippen LogP contribution in [-0.2, 0) is 17.8 Å². The summed E-state index contributed by atoms with van der Waals surface area (Å²) in [7, 11) is 0. The molecule has 0 aromatic carbocycles. The second-order valence-electron chi connectivity index (χ2n) is 7.68. The van der Waals surface area contributed by atoms with Crippen LogP contribution in [0.25, 0.3) is 0 Å². The van der Waals surface area contributed by atoms with Gasteiger partial charge in [0.1, 0.15) is 0 Å². The molecule has 0 bridgehead atoms. The molecule has 25 heavy (non-hydrogen) atoms. The van der Waals surface area contributed by atoms with Gasteiger partial charge in [0.2, 0.25) is 11.8 Å². The maximum Gasteiger partial charge on any atom is 0.240 e. The third-order valence-electron chi connectivity index (χ3n) is 5.24. The summed E-state index contributed by atoms with van der Waals surface area (Å²) in [5.41, 5.74) is 0. The fourth-order valence-corrected chi connectivity index (χ4v) is 3.66. The van der Waals surface area contributed by atoms with Gasteiger partial charge in [-0.1, -0.05) is 19.0 Å². The lowest BCUT2D eigenvalue weighted by molar-refractivity contribution is -0.120. The number of amides is 1. The molecule has 0 spiro atoms. The SMILES string of the molecule is CC(C)CCc1noc(CN2CCC(N3CCNC(=O)CC3)CC2)n1. The molecule has 1 N–H and O–H groups in total. The summed E-state index contributed by atoms with van der Waals surface area (Å²) in [6.45, 7) is 9.90. The summed E-state index contributed by atoms with van der Waals surface area (Å²) in [6, 6.07) is 0.591. The number of hydrogen-bond donors (Lipinski definition) is 1. The number of nitrogens with one attached hydrogen (secondary N) is 1. The lowest BCUT2D eigenvalue weighted by atomic mass is 10.0. The third kappa shape index (κ3) is 5.51. The number of piperidine rings is 1. The zero-order valence-electron chi connectivity index (χ0n) is 15.5. The van der Waals surface area contributed by atoms with E-state index >= 15 is 0 Å². The molecular formula is C18H31N5O2. The topological polar surface area (TPSA) is 74.5 Å². The van der Waals surface area contributed by atoms with Gasteiger partial charge in [-0.25, -0.2) is 0 Å². The fraction of sp³-hybridized carbons (Fsp3) is 0.833. The van der Waals surface area contributed by atoms with Crippen LogP contribution in [0.2, 0.25) is 0 Å². The van der Waals surface area contributed by atoms with Gasteiger partial charge < -0.3 is 9.84 Å². The predicted octanol–water partition coefficient (Wildman–Crippen LogP) is 1.44. The Morgan fingerprint density at radius 2 is 2.04 bits per heavy atom. The molecule has 0 radical (unpaired) electrons. The van der Waals surface area contributed by atoms with E-state index in [1.165, 1.54) is 0 Å². The number of rotatable bonds is 6. The van der Waals surface area contributed by atoms with Crippen LogP contribution in [-0.4, -0.2) is 64.6 Å². The van der Waals surface area contributed by atoms with E-state index in [1.54, 1.807) is 0 Å². The van der Waals surface area contributed by atoms with Crippen molar-refractivity contribution in [1.29, 1.82) is 0 Å². The van der Waals surface area contributed by atoms with Crippen molar-refractivity contribution in [2.75, 3.05) is 32.7 Å². The van der Waals surface area contributed by atoms with E-state index in [-0.39, 0.29) is 5.91 Å². The van der Waals surface area contributed by atoms with E-state index in [0.717, 1.165) is 76.7 Å². The van der Waals surface area contributed by atoms with Crippen molar-refractivity contribution >= 4 is 5.91 Å². The van der Waals surface area contributed by atoms with Crippen LogP contribution in [0, 0.1) is 5.92 Å². The van der Waals surface area contributed by atoms with Crippen LogP contribution in [0.1, 0.15) is 51.2 Å². The van der Waals surface area contributed by atoms with Crippen LogP contribution >= 0.6 is 0 Å². The van der Waals surface area contributed by atoms with Gasteiger partial charge in [-0.2, -0.15) is 4.98 Å². The molecule has 7 heteroatoms. The predicted molar refractivity (Wildman–Crippen MR) is 95.0 cm³/mol. The summed E-state index contributed by atoms with van der Waals surface area (Å²) >= 11 is 0. The van der Waals surface area contributed by atoms with Gasteiger partial charge in [-0.05, 0) is 25.2 Å². The molecule has 0 aliphatic carbocycles. The van der Waals surface area contributed by atoms with Crippen LogP contribution < -0.4 is 5.32 Å². The highest BCUT2D eigenvalue weighted by molar-refractivity contribution is 5.76. The minimum absolute atomic E-state index is 0.185. The van der Waals surface area contributed by atoms with Crippen LogP contribution in [0.3, 0.4) is 0 Å². The minimum Gasteiger partial charge on any atom is -0.355 e. The molecule has 1 aromatic heterocycles. The van der Waals surface area contributed by atoms with Gasteiger partial charge in [-0.3, -0.25) is 14.6 Å². The van der Waals surface area contributed by atoms with Gasteiger partial charge >= 0.3 is 0 Å². The molecule has 2 aliphatic rings. The Morgan fingerprint density at radius 1 is 1.24 bits per heavy atom. The van der Waals surface area contributed by atoms with E-state index in [9.17, 15) is 4.79 Å². The maximum atomic E-state index is 11.5. The Hall–Kier alpha value is -1.47. The van der Waals surface area contributed by atoms with Crippen LogP contribution in [0.15, 0.2) is 4.52 Å². The van der Waals surface area contributed by atoms with E-state index in [2.05, 4.69) is 39.1 Å². The van der Waals surface area contributed by atoms with Crippen molar-refractivity contribution in [3.05, 3.63) is 11.7 Å². The molecular weight excluding hydrogens is 318 g/mol. The van der Waals surface area contributed by atoms with Crippen molar-refractivity contribution in [2.24, 2.45) is 5.92 Å². The van der Waals surface area contributed by atoms with Gasteiger partial charge in [0.15, 0.2) is 5.82 Å². The Labute approximate surface area is 150 Å².